The normalized spacial score (nSPS) is 24.4. The number of methoxy groups -OCH3 is 2. The zero-order valence-corrected chi connectivity index (χ0v) is 11.1. The molecular weight excluding hydrogens is 232 g/mol. The second-order valence-electron chi connectivity index (χ2n) is 4.39. The van der Waals surface area contributed by atoms with E-state index < -0.39 is 0 Å². The molecule has 2 heterocycles. The highest BCUT2D eigenvalue weighted by Crippen LogP contribution is 2.17. The first-order chi connectivity index (χ1) is 8.76. The molecule has 1 N–H and O–H groups in total. The first-order valence-electron chi connectivity index (χ1n) is 6.03. The van der Waals surface area contributed by atoms with Crippen LogP contribution in [0.3, 0.4) is 0 Å². The topological polar surface area (TPSA) is 59.5 Å². The average molecular weight is 252 g/mol. The van der Waals surface area contributed by atoms with Crippen LogP contribution in [-0.4, -0.2) is 61.4 Å². The Balaban J connectivity index is 1.93. The van der Waals surface area contributed by atoms with Gasteiger partial charge in [0.2, 0.25) is 0 Å². The Labute approximate surface area is 107 Å². The standard InChI is InChI=1S/C12H20N4O2/c1-13-12-5-14-9(4-15-12)6-16-7-10(17-2)11(8-16)18-3/h4-5,10-11H,6-8H2,1-3H3,(H,13,15). The van der Waals surface area contributed by atoms with Crippen molar-refractivity contribution in [2.75, 3.05) is 39.7 Å². The van der Waals surface area contributed by atoms with Crippen molar-refractivity contribution in [1.29, 1.82) is 0 Å². The molecule has 0 bridgehead atoms. The quantitative estimate of drug-likeness (QED) is 0.816. The predicted octanol–water partition coefficient (Wildman–Crippen LogP) is 0.364. The Kier molecular flexibility index (Phi) is 4.46. The fourth-order valence-electron chi connectivity index (χ4n) is 2.19. The Morgan fingerprint density at radius 1 is 1.22 bits per heavy atom. The van der Waals surface area contributed by atoms with Gasteiger partial charge in [-0.05, 0) is 0 Å². The van der Waals surface area contributed by atoms with Crippen LogP contribution in [0.1, 0.15) is 5.69 Å². The summed E-state index contributed by atoms with van der Waals surface area (Å²) in [6.45, 7) is 2.51. The fraction of sp³-hybridized carbons (Fsp3) is 0.667. The maximum absolute atomic E-state index is 5.41. The zero-order valence-electron chi connectivity index (χ0n) is 11.1. The van der Waals surface area contributed by atoms with Crippen LogP contribution in [0.2, 0.25) is 0 Å². The van der Waals surface area contributed by atoms with E-state index in [4.69, 9.17) is 9.47 Å². The zero-order chi connectivity index (χ0) is 13.0. The number of nitrogens with one attached hydrogen (secondary N) is 1. The molecule has 1 aliphatic rings. The van der Waals surface area contributed by atoms with Crippen LogP contribution < -0.4 is 5.32 Å². The van der Waals surface area contributed by atoms with Gasteiger partial charge in [0.1, 0.15) is 5.82 Å². The molecule has 0 saturated carbocycles. The van der Waals surface area contributed by atoms with Crippen molar-refractivity contribution in [2.45, 2.75) is 18.8 Å². The maximum atomic E-state index is 5.41. The number of aromatic nitrogens is 2. The van der Waals surface area contributed by atoms with Crippen molar-refractivity contribution < 1.29 is 9.47 Å². The van der Waals surface area contributed by atoms with E-state index in [2.05, 4.69) is 20.2 Å². The van der Waals surface area contributed by atoms with Crippen LogP contribution in [0.25, 0.3) is 0 Å². The van der Waals surface area contributed by atoms with Crippen molar-refractivity contribution in [3.05, 3.63) is 18.1 Å². The number of hydrogen-bond acceptors (Lipinski definition) is 6. The second-order valence-corrected chi connectivity index (χ2v) is 4.39. The molecule has 1 aromatic rings. The molecular formula is C12H20N4O2. The van der Waals surface area contributed by atoms with Gasteiger partial charge < -0.3 is 14.8 Å². The highest BCUT2D eigenvalue weighted by atomic mass is 16.5. The Hall–Kier alpha value is -1.24. The number of anilines is 1. The van der Waals surface area contributed by atoms with E-state index in [1.165, 1.54) is 0 Å². The molecule has 6 heteroatoms. The van der Waals surface area contributed by atoms with Gasteiger partial charge in [-0.15, -0.1) is 0 Å². The van der Waals surface area contributed by atoms with E-state index >= 15 is 0 Å². The summed E-state index contributed by atoms with van der Waals surface area (Å²) >= 11 is 0. The van der Waals surface area contributed by atoms with E-state index in [1.54, 1.807) is 26.6 Å². The van der Waals surface area contributed by atoms with Gasteiger partial charge in [0, 0.05) is 40.9 Å². The SMILES string of the molecule is CNc1cnc(CN2CC(OC)C(OC)C2)cn1. The maximum Gasteiger partial charge on any atom is 0.144 e. The van der Waals surface area contributed by atoms with Crippen LogP contribution in [0.15, 0.2) is 12.4 Å². The number of likely N-dealkylation sites (tertiary alicyclic amines) is 1. The summed E-state index contributed by atoms with van der Waals surface area (Å²) < 4.78 is 10.8. The lowest BCUT2D eigenvalue weighted by Crippen LogP contribution is -2.27. The molecule has 2 rings (SSSR count). The van der Waals surface area contributed by atoms with Crippen molar-refractivity contribution in [1.82, 2.24) is 14.9 Å². The third-order valence-electron chi connectivity index (χ3n) is 3.24. The largest absolute Gasteiger partial charge is 0.377 e. The molecule has 1 aliphatic heterocycles. The van der Waals surface area contributed by atoms with E-state index in [-0.39, 0.29) is 12.2 Å². The molecule has 1 aromatic heterocycles. The smallest absolute Gasteiger partial charge is 0.144 e. The molecule has 1 saturated heterocycles. The van der Waals surface area contributed by atoms with Gasteiger partial charge in [0.25, 0.3) is 0 Å². The molecule has 6 nitrogen and oxygen atoms in total. The van der Waals surface area contributed by atoms with Crippen LogP contribution >= 0.6 is 0 Å². The highest BCUT2D eigenvalue weighted by molar-refractivity contribution is 5.29. The molecule has 0 amide bonds. The van der Waals surface area contributed by atoms with E-state index in [0.717, 1.165) is 31.1 Å². The average Bonchev–Trinajstić information content (AvgIpc) is 2.81. The summed E-state index contributed by atoms with van der Waals surface area (Å²) in [5.74, 6) is 0.782. The van der Waals surface area contributed by atoms with Gasteiger partial charge in [-0.3, -0.25) is 9.88 Å². The third kappa shape index (κ3) is 2.95. The van der Waals surface area contributed by atoms with Crippen LogP contribution in [0.4, 0.5) is 5.82 Å². The minimum atomic E-state index is 0.138. The molecule has 0 aromatic carbocycles. The summed E-state index contributed by atoms with van der Waals surface area (Å²) in [6, 6.07) is 0. The molecule has 2 unspecified atom stereocenters. The van der Waals surface area contributed by atoms with Crippen molar-refractivity contribution in [3.8, 4) is 0 Å². The third-order valence-corrected chi connectivity index (χ3v) is 3.24. The molecule has 0 spiro atoms. The molecule has 100 valence electrons. The lowest BCUT2D eigenvalue weighted by Gasteiger charge is -2.14. The van der Waals surface area contributed by atoms with E-state index in [0.29, 0.717) is 0 Å². The minimum Gasteiger partial charge on any atom is -0.377 e. The predicted molar refractivity (Wildman–Crippen MR) is 68.4 cm³/mol. The molecule has 18 heavy (non-hydrogen) atoms. The van der Waals surface area contributed by atoms with Crippen LogP contribution in [0, 0.1) is 0 Å². The van der Waals surface area contributed by atoms with E-state index in [1.807, 2.05) is 7.05 Å². The van der Waals surface area contributed by atoms with Gasteiger partial charge in [-0.1, -0.05) is 0 Å². The second kappa shape index (κ2) is 6.08. The van der Waals surface area contributed by atoms with Gasteiger partial charge in [0.05, 0.1) is 30.3 Å². The molecule has 0 radical (unpaired) electrons. The van der Waals surface area contributed by atoms with Crippen molar-refractivity contribution in [3.63, 3.8) is 0 Å². The Bertz CT molecular complexity index is 359. The van der Waals surface area contributed by atoms with E-state index in [9.17, 15) is 0 Å². The number of rotatable bonds is 5. The molecule has 2 atom stereocenters. The number of ether oxygens (including phenoxy) is 2. The lowest BCUT2D eigenvalue weighted by molar-refractivity contribution is -0.00461. The monoisotopic (exact) mass is 252 g/mol. The Morgan fingerprint density at radius 2 is 1.89 bits per heavy atom. The summed E-state index contributed by atoms with van der Waals surface area (Å²) in [7, 11) is 5.28. The van der Waals surface area contributed by atoms with Gasteiger partial charge >= 0.3 is 0 Å². The molecule has 0 aliphatic carbocycles. The highest BCUT2D eigenvalue weighted by Gasteiger charge is 2.32. The molecule has 1 fully saturated rings. The van der Waals surface area contributed by atoms with Gasteiger partial charge in [0.15, 0.2) is 0 Å². The number of hydrogen-bond donors (Lipinski definition) is 1. The van der Waals surface area contributed by atoms with Crippen LogP contribution in [0.5, 0.6) is 0 Å². The van der Waals surface area contributed by atoms with Gasteiger partial charge in [-0.2, -0.15) is 0 Å². The first kappa shape index (κ1) is 13.2. The number of nitrogens with zero attached hydrogens (tertiary/aromatic N) is 3. The van der Waals surface area contributed by atoms with Crippen LogP contribution in [-0.2, 0) is 16.0 Å². The summed E-state index contributed by atoms with van der Waals surface area (Å²) in [4.78, 5) is 10.9. The summed E-state index contributed by atoms with van der Waals surface area (Å²) in [5.41, 5.74) is 0.959. The minimum absolute atomic E-state index is 0.138. The first-order valence-corrected chi connectivity index (χ1v) is 6.03. The van der Waals surface area contributed by atoms with Gasteiger partial charge in [-0.25, -0.2) is 4.98 Å². The summed E-state index contributed by atoms with van der Waals surface area (Å²) in [5, 5.41) is 2.95. The lowest BCUT2D eigenvalue weighted by atomic mass is 10.3. The summed E-state index contributed by atoms with van der Waals surface area (Å²) in [6.07, 6.45) is 3.82. The van der Waals surface area contributed by atoms with Crippen molar-refractivity contribution >= 4 is 5.82 Å². The Morgan fingerprint density at radius 3 is 2.33 bits per heavy atom. The van der Waals surface area contributed by atoms with Crippen molar-refractivity contribution in [2.24, 2.45) is 0 Å². The fourth-order valence-corrected chi connectivity index (χ4v) is 2.19.